The standard InChI is InChI=1S/C13H18BrN3O/c1-8(2)11-4-3-5-17(11)13(18)10-6-9(14)7-16-12(10)15/h6-8,11H,3-5H2,1-2H3,(H2,15,16). The molecule has 2 heterocycles. The van der Waals surface area contributed by atoms with Crippen LogP contribution in [0, 0.1) is 5.92 Å². The third-order valence-electron chi connectivity index (χ3n) is 3.45. The van der Waals surface area contributed by atoms with E-state index in [0.717, 1.165) is 23.9 Å². The molecule has 1 unspecified atom stereocenters. The van der Waals surface area contributed by atoms with Crippen LogP contribution >= 0.6 is 15.9 Å². The molecule has 0 saturated carbocycles. The molecule has 2 rings (SSSR count). The molecule has 2 N–H and O–H groups in total. The van der Waals surface area contributed by atoms with Crippen LogP contribution in [0.5, 0.6) is 0 Å². The number of likely N-dealkylation sites (tertiary alicyclic amines) is 1. The summed E-state index contributed by atoms with van der Waals surface area (Å²) >= 11 is 3.33. The van der Waals surface area contributed by atoms with Gasteiger partial charge in [0, 0.05) is 23.3 Å². The van der Waals surface area contributed by atoms with Gasteiger partial charge >= 0.3 is 0 Å². The number of hydrogen-bond donors (Lipinski definition) is 1. The number of halogens is 1. The lowest BCUT2D eigenvalue weighted by atomic mass is 10.0. The maximum Gasteiger partial charge on any atom is 0.257 e. The van der Waals surface area contributed by atoms with Crippen molar-refractivity contribution in [1.29, 1.82) is 0 Å². The molecule has 1 amide bonds. The van der Waals surface area contributed by atoms with E-state index < -0.39 is 0 Å². The highest BCUT2D eigenvalue weighted by Gasteiger charge is 2.32. The Balaban J connectivity index is 2.28. The predicted molar refractivity (Wildman–Crippen MR) is 75.2 cm³/mol. The smallest absolute Gasteiger partial charge is 0.257 e. The van der Waals surface area contributed by atoms with Gasteiger partial charge in [-0.1, -0.05) is 13.8 Å². The van der Waals surface area contributed by atoms with Gasteiger partial charge in [-0.3, -0.25) is 4.79 Å². The van der Waals surface area contributed by atoms with Gasteiger partial charge in [0.05, 0.1) is 5.56 Å². The van der Waals surface area contributed by atoms with Crippen LogP contribution < -0.4 is 5.73 Å². The monoisotopic (exact) mass is 311 g/mol. The van der Waals surface area contributed by atoms with Crippen molar-refractivity contribution < 1.29 is 4.79 Å². The maximum atomic E-state index is 12.5. The van der Waals surface area contributed by atoms with Gasteiger partial charge in [0.25, 0.3) is 5.91 Å². The zero-order chi connectivity index (χ0) is 13.3. The summed E-state index contributed by atoms with van der Waals surface area (Å²) in [5.74, 6) is 0.771. The minimum atomic E-state index is -0.00231. The fourth-order valence-corrected chi connectivity index (χ4v) is 2.84. The molecule has 1 aromatic heterocycles. The molecule has 1 aliphatic rings. The zero-order valence-electron chi connectivity index (χ0n) is 10.7. The molecule has 0 radical (unpaired) electrons. The molecular formula is C13H18BrN3O. The van der Waals surface area contributed by atoms with Crippen molar-refractivity contribution >= 4 is 27.7 Å². The number of nitrogens with zero attached hydrogens (tertiary/aromatic N) is 2. The van der Waals surface area contributed by atoms with Crippen LogP contribution in [-0.2, 0) is 0 Å². The molecule has 1 atom stereocenters. The number of aromatic nitrogens is 1. The Labute approximate surface area is 116 Å². The summed E-state index contributed by atoms with van der Waals surface area (Å²) in [5.41, 5.74) is 6.30. The summed E-state index contributed by atoms with van der Waals surface area (Å²) in [5, 5.41) is 0. The van der Waals surface area contributed by atoms with Crippen molar-refractivity contribution in [3.05, 3.63) is 22.3 Å². The molecule has 18 heavy (non-hydrogen) atoms. The molecule has 1 saturated heterocycles. The third-order valence-corrected chi connectivity index (χ3v) is 3.88. The van der Waals surface area contributed by atoms with Crippen LogP contribution in [0.25, 0.3) is 0 Å². The van der Waals surface area contributed by atoms with Crippen molar-refractivity contribution in [2.45, 2.75) is 32.7 Å². The Morgan fingerprint density at radius 2 is 2.33 bits per heavy atom. The summed E-state index contributed by atoms with van der Waals surface area (Å²) in [4.78, 5) is 18.5. The molecule has 1 aliphatic heterocycles. The van der Waals surface area contributed by atoms with Crippen molar-refractivity contribution in [2.75, 3.05) is 12.3 Å². The number of carbonyl (C=O) groups excluding carboxylic acids is 1. The molecular weight excluding hydrogens is 294 g/mol. The quantitative estimate of drug-likeness (QED) is 0.913. The molecule has 5 heteroatoms. The Morgan fingerprint density at radius 1 is 1.61 bits per heavy atom. The fraction of sp³-hybridized carbons (Fsp3) is 0.538. The maximum absolute atomic E-state index is 12.5. The van der Waals surface area contributed by atoms with E-state index in [1.54, 1.807) is 12.3 Å². The van der Waals surface area contributed by atoms with Gasteiger partial charge in [0.1, 0.15) is 5.82 Å². The Morgan fingerprint density at radius 3 is 3.00 bits per heavy atom. The van der Waals surface area contributed by atoms with Gasteiger partial charge in [0.2, 0.25) is 0 Å². The topological polar surface area (TPSA) is 59.2 Å². The van der Waals surface area contributed by atoms with Gasteiger partial charge in [0.15, 0.2) is 0 Å². The molecule has 0 spiro atoms. The number of hydrogen-bond acceptors (Lipinski definition) is 3. The summed E-state index contributed by atoms with van der Waals surface area (Å²) in [6, 6.07) is 2.07. The summed E-state index contributed by atoms with van der Waals surface area (Å²) in [6.07, 6.45) is 3.75. The average molecular weight is 312 g/mol. The minimum absolute atomic E-state index is 0.00231. The number of carbonyl (C=O) groups is 1. The average Bonchev–Trinajstić information content (AvgIpc) is 2.80. The number of pyridine rings is 1. The van der Waals surface area contributed by atoms with Crippen LogP contribution in [0.1, 0.15) is 37.0 Å². The second-order valence-corrected chi connectivity index (χ2v) is 5.95. The summed E-state index contributed by atoms with van der Waals surface area (Å²) < 4.78 is 0.778. The van der Waals surface area contributed by atoms with Crippen molar-refractivity contribution in [3.63, 3.8) is 0 Å². The summed E-state index contributed by atoms with van der Waals surface area (Å²) in [6.45, 7) is 5.12. The lowest BCUT2D eigenvalue weighted by Crippen LogP contribution is -2.38. The Hall–Kier alpha value is -1.10. The molecule has 4 nitrogen and oxygen atoms in total. The number of anilines is 1. The van der Waals surface area contributed by atoms with Crippen molar-refractivity contribution in [1.82, 2.24) is 9.88 Å². The second kappa shape index (κ2) is 5.26. The van der Waals surface area contributed by atoms with Gasteiger partial charge < -0.3 is 10.6 Å². The number of nitrogens with two attached hydrogens (primary N) is 1. The number of nitrogen functional groups attached to an aromatic ring is 1. The van der Waals surface area contributed by atoms with E-state index in [2.05, 4.69) is 34.8 Å². The highest BCUT2D eigenvalue weighted by atomic mass is 79.9. The van der Waals surface area contributed by atoms with E-state index in [9.17, 15) is 4.79 Å². The van der Waals surface area contributed by atoms with Crippen LogP contribution in [0.2, 0.25) is 0 Å². The van der Waals surface area contributed by atoms with Gasteiger partial charge in [-0.05, 0) is 40.8 Å². The minimum Gasteiger partial charge on any atom is -0.383 e. The molecule has 1 fully saturated rings. The zero-order valence-corrected chi connectivity index (χ0v) is 12.3. The third kappa shape index (κ3) is 2.51. The molecule has 0 aliphatic carbocycles. The van der Waals surface area contributed by atoms with Crippen LogP contribution in [0.15, 0.2) is 16.7 Å². The number of rotatable bonds is 2. The van der Waals surface area contributed by atoms with Crippen LogP contribution in [0.4, 0.5) is 5.82 Å². The van der Waals surface area contributed by atoms with E-state index in [1.165, 1.54) is 0 Å². The van der Waals surface area contributed by atoms with E-state index in [-0.39, 0.29) is 5.91 Å². The lowest BCUT2D eigenvalue weighted by Gasteiger charge is -2.28. The van der Waals surface area contributed by atoms with E-state index in [0.29, 0.717) is 23.3 Å². The van der Waals surface area contributed by atoms with Crippen LogP contribution in [-0.4, -0.2) is 28.4 Å². The first-order chi connectivity index (χ1) is 8.50. The van der Waals surface area contributed by atoms with Gasteiger partial charge in [-0.15, -0.1) is 0 Å². The predicted octanol–water partition coefficient (Wildman–Crippen LogP) is 2.69. The Bertz CT molecular complexity index is 462. The Kier molecular flexibility index (Phi) is 3.90. The number of amides is 1. The SMILES string of the molecule is CC(C)C1CCCN1C(=O)c1cc(Br)cnc1N. The molecule has 1 aromatic rings. The van der Waals surface area contributed by atoms with Gasteiger partial charge in [-0.25, -0.2) is 4.98 Å². The first-order valence-corrected chi connectivity index (χ1v) is 7.02. The second-order valence-electron chi connectivity index (χ2n) is 5.04. The highest BCUT2D eigenvalue weighted by Crippen LogP contribution is 2.27. The fourth-order valence-electron chi connectivity index (χ4n) is 2.51. The van der Waals surface area contributed by atoms with E-state index in [4.69, 9.17) is 5.73 Å². The highest BCUT2D eigenvalue weighted by molar-refractivity contribution is 9.10. The lowest BCUT2D eigenvalue weighted by molar-refractivity contribution is 0.0702. The largest absolute Gasteiger partial charge is 0.383 e. The van der Waals surface area contributed by atoms with Crippen molar-refractivity contribution in [3.8, 4) is 0 Å². The first kappa shape index (κ1) is 13.3. The molecule has 98 valence electrons. The van der Waals surface area contributed by atoms with Gasteiger partial charge in [-0.2, -0.15) is 0 Å². The molecule has 0 bridgehead atoms. The summed E-state index contributed by atoms with van der Waals surface area (Å²) in [7, 11) is 0. The van der Waals surface area contributed by atoms with E-state index in [1.807, 2.05) is 4.90 Å². The van der Waals surface area contributed by atoms with E-state index >= 15 is 0 Å². The molecule has 0 aromatic carbocycles. The first-order valence-electron chi connectivity index (χ1n) is 6.22. The normalized spacial score (nSPS) is 19.6. The van der Waals surface area contributed by atoms with Crippen molar-refractivity contribution in [2.24, 2.45) is 5.92 Å². The van der Waals surface area contributed by atoms with Crippen LogP contribution in [0.3, 0.4) is 0 Å².